The number of amides is 1. The van der Waals surface area contributed by atoms with Gasteiger partial charge >= 0.3 is 0 Å². The second-order valence-electron chi connectivity index (χ2n) is 7.03. The van der Waals surface area contributed by atoms with E-state index in [1.807, 2.05) is 0 Å². The molecule has 1 fully saturated rings. The van der Waals surface area contributed by atoms with Gasteiger partial charge in [-0.2, -0.15) is 0 Å². The molecular weight excluding hydrogens is 248 g/mol. The molecule has 1 rings (SSSR count). The molecule has 1 amide bonds. The van der Waals surface area contributed by atoms with Crippen LogP contribution in [0.15, 0.2) is 0 Å². The maximum absolute atomic E-state index is 12.0. The molecule has 0 aliphatic heterocycles. The predicted molar refractivity (Wildman–Crippen MR) is 85.4 cm³/mol. The summed E-state index contributed by atoms with van der Waals surface area (Å²) in [4.78, 5) is 12.0. The number of rotatable bonds is 8. The lowest BCUT2D eigenvalue weighted by molar-refractivity contribution is -0.122. The second kappa shape index (κ2) is 9.38. The molecule has 0 heterocycles. The lowest BCUT2D eigenvalue weighted by Gasteiger charge is -2.28. The molecule has 118 valence electrons. The van der Waals surface area contributed by atoms with Gasteiger partial charge in [-0.3, -0.25) is 4.79 Å². The summed E-state index contributed by atoms with van der Waals surface area (Å²) in [6.45, 7) is 8.15. The molecule has 0 saturated heterocycles. The van der Waals surface area contributed by atoms with Crippen LogP contribution in [0.1, 0.15) is 65.7 Å². The summed E-state index contributed by atoms with van der Waals surface area (Å²) in [6, 6.07) is 0. The van der Waals surface area contributed by atoms with Crippen LogP contribution in [-0.4, -0.2) is 19.0 Å². The lowest BCUT2D eigenvalue weighted by Crippen LogP contribution is -2.33. The molecule has 3 heteroatoms. The van der Waals surface area contributed by atoms with E-state index in [4.69, 9.17) is 5.73 Å². The highest BCUT2D eigenvalue weighted by molar-refractivity contribution is 5.76. The van der Waals surface area contributed by atoms with Crippen molar-refractivity contribution in [3.63, 3.8) is 0 Å². The maximum Gasteiger partial charge on any atom is 0.220 e. The molecule has 1 aliphatic rings. The van der Waals surface area contributed by atoms with E-state index in [0.29, 0.717) is 30.7 Å². The first-order valence-corrected chi connectivity index (χ1v) is 8.51. The van der Waals surface area contributed by atoms with Gasteiger partial charge in [0, 0.05) is 13.0 Å². The van der Waals surface area contributed by atoms with Crippen molar-refractivity contribution in [3.05, 3.63) is 0 Å². The minimum absolute atomic E-state index is 0.193. The molecule has 0 aromatic carbocycles. The second-order valence-corrected chi connectivity index (χ2v) is 7.03. The molecule has 1 atom stereocenters. The zero-order valence-electron chi connectivity index (χ0n) is 13.7. The fraction of sp³-hybridized carbons (Fsp3) is 0.941. The van der Waals surface area contributed by atoms with E-state index in [1.54, 1.807) is 0 Å². The Labute approximate surface area is 125 Å². The summed E-state index contributed by atoms with van der Waals surface area (Å²) in [5.41, 5.74) is 5.76. The zero-order valence-corrected chi connectivity index (χ0v) is 13.7. The Kier molecular flexibility index (Phi) is 8.20. The summed E-state index contributed by atoms with van der Waals surface area (Å²) < 4.78 is 0. The van der Waals surface area contributed by atoms with Crippen LogP contribution in [0.5, 0.6) is 0 Å². The minimum Gasteiger partial charge on any atom is -0.356 e. The average molecular weight is 282 g/mol. The Morgan fingerprint density at radius 1 is 1.20 bits per heavy atom. The quantitative estimate of drug-likeness (QED) is 0.717. The average Bonchev–Trinajstić information content (AvgIpc) is 2.44. The predicted octanol–water partition coefficient (Wildman–Crippen LogP) is 3.33. The fourth-order valence-electron chi connectivity index (χ4n) is 3.37. The largest absolute Gasteiger partial charge is 0.356 e. The van der Waals surface area contributed by atoms with Crippen molar-refractivity contribution < 1.29 is 4.79 Å². The van der Waals surface area contributed by atoms with Crippen LogP contribution in [0, 0.1) is 23.7 Å². The van der Waals surface area contributed by atoms with Gasteiger partial charge in [-0.1, -0.05) is 40.0 Å². The Morgan fingerprint density at radius 2 is 1.80 bits per heavy atom. The summed E-state index contributed by atoms with van der Waals surface area (Å²) >= 11 is 0. The van der Waals surface area contributed by atoms with Gasteiger partial charge in [0.15, 0.2) is 0 Å². The number of carbonyl (C=O) groups excluding carboxylic acids is 1. The van der Waals surface area contributed by atoms with Gasteiger partial charge in [0.2, 0.25) is 5.91 Å². The Balaban J connectivity index is 2.19. The molecule has 0 spiro atoms. The van der Waals surface area contributed by atoms with Crippen LogP contribution in [-0.2, 0) is 4.79 Å². The summed E-state index contributed by atoms with van der Waals surface area (Å²) in [7, 11) is 0. The molecular formula is C17H34N2O. The van der Waals surface area contributed by atoms with Crippen molar-refractivity contribution in [1.82, 2.24) is 5.32 Å². The normalized spacial score (nSPS) is 24.6. The highest BCUT2D eigenvalue weighted by Gasteiger charge is 2.21. The molecule has 0 aromatic rings. The first-order valence-electron chi connectivity index (χ1n) is 8.51. The molecule has 0 radical (unpaired) electrons. The molecule has 1 saturated carbocycles. The van der Waals surface area contributed by atoms with Gasteiger partial charge in [-0.15, -0.1) is 0 Å². The van der Waals surface area contributed by atoms with Crippen LogP contribution in [0.2, 0.25) is 0 Å². The monoisotopic (exact) mass is 282 g/mol. The van der Waals surface area contributed by atoms with E-state index >= 15 is 0 Å². The van der Waals surface area contributed by atoms with Crippen molar-refractivity contribution in [1.29, 1.82) is 0 Å². The van der Waals surface area contributed by atoms with Crippen LogP contribution in [0.25, 0.3) is 0 Å². The van der Waals surface area contributed by atoms with Crippen molar-refractivity contribution in [2.24, 2.45) is 29.4 Å². The van der Waals surface area contributed by atoms with Gasteiger partial charge in [-0.25, -0.2) is 0 Å². The van der Waals surface area contributed by atoms with Crippen LogP contribution in [0.3, 0.4) is 0 Å². The van der Waals surface area contributed by atoms with Crippen molar-refractivity contribution in [2.75, 3.05) is 13.1 Å². The molecule has 0 aromatic heterocycles. The Hall–Kier alpha value is -0.570. The van der Waals surface area contributed by atoms with Gasteiger partial charge in [-0.05, 0) is 49.5 Å². The van der Waals surface area contributed by atoms with E-state index in [9.17, 15) is 4.79 Å². The standard InChI is InChI=1S/C17H34N2O/c1-4-14-5-7-15(8-6-14)12-19-17(20)10-16(11-18)9-13(2)3/h13-16H,4-12,18H2,1-3H3,(H,19,20)/t14?,15?,16-/m0/s1. The SMILES string of the molecule is CCC1CCC(CNC(=O)C[C@@H](CN)CC(C)C)CC1. The number of hydrogen-bond acceptors (Lipinski definition) is 2. The highest BCUT2D eigenvalue weighted by Crippen LogP contribution is 2.30. The number of nitrogens with one attached hydrogen (secondary N) is 1. The van der Waals surface area contributed by atoms with E-state index in [2.05, 4.69) is 26.1 Å². The first kappa shape index (κ1) is 17.5. The van der Waals surface area contributed by atoms with E-state index in [-0.39, 0.29) is 5.91 Å². The van der Waals surface area contributed by atoms with E-state index in [0.717, 1.165) is 18.9 Å². The number of hydrogen-bond donors (Lipinski definition) is 2. The van der Waals surface area contributed by atoms with Crippen LogP contribution >= 0.6 is 0 Å². The topological polar surface area (TPSA) is 55.1 Å². The summed E-state index contributed by atoms with van der Waals surface area (Å²) in [6.07, 6.45) is 8.21. The maximum atomic E-state index is 12.0. The zero-order chi connectivity index (χ0) is 15.0. The third-order valence-electron chi connectivity index (χ3n) is 4.74. The van der Waals surface area contributed by atoms with Gasteiger partial charge < -0.3 is 11.1 Å². The van der Waals surface area contributed by atoms with Crippen molar-refractivity contribution >= 4 is 5.91 Å². The molecule has 0 bridgehead atoms. The molecule has 3 nitrogen and oxygen atoms in total. The number of nitrogens with two attached hydrogens (primary N) is 1. The minimum atomic E-state index is 0.193. The molecule has 3 N–H and O–H groups in total. The van der Waals surface area contributed by atoms with Gasteiger partial charge in [0.25, 0.3) is 0 Å². The smallest absolute Gasteiger partial charge is 0.220 e. The Morgan fingerprint density at radius 3 is 2.30 bits per heavy atom. The third-order valence-corrected chi connectivity index (χ3v) is 4.74. The Bertz CT molecular complexity index is 270. The lowest BCUT2D eigenvalue weighted by atomic mass is 9.81. The molecule has 20 heavy (non-hydrogen) atoms. The van der Waals surface area contributed by atoms with Gasteiger partial charge in [0.05, 0.1) is 0 Å². The van der Waals surface area contributed by atoms with Crippen molar-refractivity contribution in [2.45, 2.75) is 65.7 Å². The fourth-order valence-corrected chi connectivity index (χ4v) is 3.37. The summed E-state index contributed by atoms with van der Waals surface area (Å²) in [5, 5.41) is 3.13. The summed E-state index contributed by atoms with van der Waals surface area (Å²) in [5.74, 6) is 2.77. The number of carbonyl (C=O) groups is 1. The highest BCUT2D eigenvalue weighted by atomic mass is 16.1. The van der Waals surface area contributed by atoms with Gasteiger partial charge in [0.1, 0.15) is 0 Å². The van der Waals surface area contributed by atoms with E-state index in [1.165, 1.54) is 32.1 Å². The van der Waals surface area contributed by atoms with Crippen molar-refractivity contribution in [3.8, 4) is 0 Å². The molecule has 1 aliphatic carbocycles. The van der Waals surface area contributed by atoms with Crippen LogP contribution < -0.4 is 11.1 Å². The first-order chi connectivity index (χ1) is 9.55. The third kappa shape index (κ3) is 6.74. The molecule has 0 unspecified atom stereocenters. The van der Waals surface area contributed by atoms with E-state index < -0.39 is 0 Å². The van der Waals surface area contributed by atoms with Crippen LogP contribution in [0.4, 0.5) is 0 Å².